The van der Waals surface area contributed by atoms with E-state index in [1.807, 2.05) is 56.2 Å². The Morgan fingerprint density at radius 1 is 0.520 bits per heavy atom. The average molecular weight is 501 g/mol. The van der Waals surface area contributed by atoms with Gasteiger partial charge in [0.1, 0.15) is 0 Å². The number of nitrogens with zero attached hydrogens (tertiary/aromatic N) is 3. The summed E-state index contributed by atoms with van der Waals surface area (Å²) in [7, 11) is 0. The molecule has 0 N–H and O–H groups in total. The van der Waals surface area contributed by atoms with Crippen molar-refractivity contribution in [1.29, 1.82) is 0 Å². The number of hydrogen-bond donors (Lipinski definition) is 0. The molecule has 0 aliphatic carbocycles. The molecule has 3 nitrogen and oxygen atoms in total. The monoisotopic (exact) mass is 500 g/mol. The molecule has 0 aliphatic rings. The van der Waals surface area contributed by atoms with Crippen LogP contribution in [0.3, 0.4) is 0 Å². The second-order valence-electron chi connectivity index (χ2n) is 4.31. The average Bonchev–Trinajstić information content (AvgIpc) is 2.51. The summed E-state index contributed by atoms with van der Waals surface area (Å²) < 4.78 is 1.74. The molecule has 25 heavy (non-hydrogen) atoms. The van der Waals surface area contributed by atoms with Gasteiger partial charge in [-0.15, -0.1) is 0 Å². The maximum Gasteiger partial charge on any atom is 0.0133 e. The minimum absolute atomic E-state index is 0. The first-order valence-electron chi connectivity index (χ1n) is 8.04. The van der Waals surface area contributed by atoms with Crippen molar-refractivity contribution in [2.45, 2.75) is 41.5 Å². The molecule has 10 heteroatoms. The van der Waals surface area contributed by atoms with Crippen LogP contribution in [0.15, 0.2) is 0 Å². The van der Waals surface area contributed by atoms with Crippen molar-refractivity contribution in [3.63, 3.8) is 0 Å². The van der Waals surface area contributed by atoms with Gasteiger partial charge in [0, 0.05) is 56.3 Å². The van der Waals surface area contributed by atoms with Gasteiger partial charge >= 0.3 is 0 Å². The standard InChI is InChI=1S/3C5H11NS2.Fe/c3*1-3-6(4-2)5(7)8;/h3*3-4H2,1-2H3,(H,7,8);/p-3. The topological polar surface area (TPSA) is 9.72 Å². The van der Waals surface area contributed by atoms with Crippen molar-refractivity contribution in [3.8, 4) is 0 Å². The molecule has 0 heterocycles. The fourth-order valence-electron chi connectivity index (χ4n) is 1.45. The summed E-state index contributed by atoms with van der Waals surface area (Å²) in [4.78, 5) is 5.89. The Morgan fingerprint density at radius 3 is 0.640 bits per heavy atom. The summed E-state index contributed by atoms with van der Waals surface area (Å²) in [5, 5.41) is 0. The van der Waals surface area contributed by atoms with E-state index in [1.165, 1.54) is 0 Å². The van der Waals surface area contributed by atoms with E-state index < -0.39 is 0 Å². The smallest absolute Gasteiger partial charge is 0.0133 e. The Bertz CT molecular complexity index is 294. The van der Waals surface area contributed by atoms with Crippen molar-refractivity contribution < 1.29 is 17.1 Å². The molecule has 0 saturated carbocycles. The molecule has 0 aromatic heterocycles. The van der Waals surface area contributed by atoms with E-state index in [0.29, 0.717) is 13.0 Å². The molecule has 0 radical (unpaired) electrons. The van der Waals surface area contributed by atoms with Crippen LogP contribution in [0.4, 0.5) is 0 Å². The van der Waals surface area contributed by atoms with Crippen LogP contribution in [-0.2, 0) is 55.0 Å². The molecule has 0 amide bonds. The van der Waals surface area contributed by atoms with E-state index in [-0.39, 0.29) is 17.1 Å². The molecule has 0 aromatic rings. The van der Waals surface area contributed by atoms with Crippen molar-refractivity contribution >= 4 is 87.5 Å². The van der Waals surface area contributed by atoms with Crippen LogP contribution in [0.1, 0.15) is 41.5 Å². The molecule has 0 spiro atoms. The first kappa shape index (κ1) is 33.4. The van der Waals surface area contributed by atoms with Gasteiger partial charge in [-0.3, -0.25) is 0 Å². The summed E-state index contributed by atoms with van der Waals surface area (Å²) in [6.07, 6.45) is 0. The third-order valence-corrected chi connectivity index (χ3v) is 4.61. The van der Waals surface area contributed by atoms with Gasteiger partial charge in [-0.1, -0.05) is 13.0 Å². The zero-order chi connectivity index (χ0) is 19.7. The predicted molar refractivity (Wildman–Crippen MR) is 129 cm³/mol. The normalized spacial score (nSPS) is 8.40. The molecule has 0 atom stereocenters. The summed E-state index contributed by atoms with van der Waals surface area (Å²) in [5.41, 5.74) is 0. The molecule has 0 rings (SSSR count). The van der Waals surface area contributed by atoms with Crippen molar-refractivity contribution in [3.05, 3.63) is 0 Å². The molecular weight excluding hydrogens is 470 g/mol. The van der Waals surface area contributed by atoms with E-state index in [1.54, 1.807) is 0 Å². The van der Waals surface area contributed by atoms with Crippen LogP contribution in [-0.4, -0.2) is 66.9 Å². The van der Waals surface area contributed by atoms with E-state index in [9.17, 15) is 0 Å². The summed E-state index contributed by atoms with van der Waals surface area (Å²) in [5.74, 6) is 0. The Labute approximate surface area is 198 Å². The molecule has 0 aliphatic heterocycles. The van der Waals surface area contributed by atoms with Crippen LogP contribution >= 0.6 is 36.7 Å². The first-order valence-corrected chi connectivity index (χ1v) is 10.5. The minimum Gasteiger partial charge on any atom is -0.411 e. The molecule has 0 bridgehead atoms. The molecule has 0 saturated heterocycles. The van der Waals surface area contributed by atoms with Crippen LogP contribution in [0, 0.1) is 0 Å². The third kappa shape index (κ3) is 21.0. The van der Waals surface area contributed by atoms with Crippen molar-refractivity contribution in [2.75, 3.05) is 39.3 Å². The first-order chi connectivity index (χ1) is 11.2. The van der Waals surface area contributed by atoms with Gasteiger partial charge in [0.25, 0.3) is 0 Å². The predicted octanol–water partition coefficient (Wildman–Crippen LogP) is 3.48. The minimum atomic E-state index is 0. The second kappa shape index (κ2) is 22.9. The van der Waals surface area contributed by atoms with Crippen LogP contribution < -0.4 is 0 Å². The van der Waals surface area contributed by atoms with Crippen LogP contribution in [0.5, 0.6) is 0 Å². The zero-order valence-corrected chi connectivity index (χ0v) is 21.9. The quantitative estimate of drug-likeness (QED) is 0.305. The third-order valence-electron chi connectivity index (χ3n) is 3.06. The molecule has 0 unspecified atom stereocenters. The number of hydrogen-bond acceptors (Lipinski definition) is 6. The Balaban J connectivity index is -0.000000130. The Kier molecular flexibility index (Phi) is 30.6. The van der Waals surface area contributed by atoms with Gasteiger partial charge in [0.2, 0.25) is 0 Å². The van der Waals surface area contributed by atoms with Crippen molar-refractivity contribution in [2.24, 2.45) is 0 Å². The number of thiocarbonyl (C=S) groups is 3. The Morgan fingerprint density at radius 2 is 0.640 bits per heavy atom. The fraction of sp³-hybridized carbons (Fsp3) is 0.800. The summed E-state index contributed by atoms with van der Waals surface area (Å²) in [6.45, 7) is 17.8. The van der Waals surface area contributed by atoms with E-state index in [2.05, 4.69) is 0 Å². The van der Waals surface area contributed by atoms with E-state index in [4.69, 9.17) is 74.5 Å². The largest absolute Gasteiger partial charge is 0.411 e. The van der Waals surface area contributed by atoms with Gasteiger partial charge in [-0.2, -0.15) is 0 Å². The van der Waals surface area contributed by atoms with Gasteiger partial charge in [-0.05, 0) is 41.5 Å². The molecule has 152 valence electrons. The van der Waals surface area contributed by atoms with Gasteiger partial charge in [-0.25, -0.2) is 0 Å². The fourth-order valence-corrected chi connectivity index (χ4v) is 2.99. The maximum atomic E-state index is 4.76. The van der Waals surface area contributed by atoms with E-state index >= 15 is 0 Å². The molecule has 0 aromatic carbocycles. The van der Waals surface area contributed by atoms with Gasteiger partial charge in [0.15, 0.2) is 0 Å². The Hall–Kier alpha value is 0.849. The van der Waals surface area contributed by atoms with Crippen LogP contribution in [0.25, 0.3) is 0 Å². The zero-order valence-electron chi connectivity index (χ0n) is 15.9. The summed E-state index contributed by atoms with van der Waals surface area (Å²) >= 11 is 28.5. The SMILES string of the molecule is CCN(CC)C(=S)[S-].CCN(CC)C(=S)[S-].CCN(CC)C(=S)[S-].[Fe]. The second-order valence-corrected chi connectivity index (χ2v) is 7.41. The molecular formula is C15H30FeN3S6-3. The maximum absolute atomic E-state index is 4.76. The number of rotatable bonds is 6. The molecule has 0 fully saturated rings. The van der Waals surface area contributed by atoms with E-state index in [0.717, 1.165) is 39.3 Å². The van der Waals surface area contributed by atoms with Crippen molar-refractivity contribution in [1.82, 2.24) is 14.7 Å². The van der Waals surface area contributed by atoms with Gasteiger partial charge < -0.3 is 89.2 Å². The summed E-state index contributed by atoms with van der Waals surface area (Å²) in [6, 6.07) is 0. The van der Waals surface area contributed by atoms with Crippen LogP contribution in [0.2, 0.25) is 0 Å². The van der Waals surface area contributed by atoms with Gasteiger partial charge in [0.05, 0.1) is 0 Å².